The number of esters is 4. The van der Waals surface area contributed by atoms with Gasteiger partial charge in [0.2, 0.25) is 0 Å². The number of rotatable bonds is 23. The predicted molar refractivity (Wildman–Crippen MR) is 280 cm³/mol. The maximum Gasteiger partial charge on any atom is 0.508 e. The highest BCUT2D eigenvalue weighted by Crippen LogP contribution is 2.35. The maximum absolute atomic E-state index is 14.3. The van der Waals surface area contributed by atoms with E-state index >= 15 is 0 Å². The molecule has 0 aromatic heterocycles. The SMILES string of the molecule is CO[C@H]1O[C@H](CO[C@@H]2O[C@H](COC(=O)c3ccccc3)[C@@H](OC(=O)c3ccccc3)[C@H](OC(=O)c3ccccc3)[C@H]2OC(=O)c2ccccc2)[C@@H](OC(=O)OCCS(C)(=O)=O)[C@H](OCc2ccccc2)[C@H]1OCc1ccccc1. The van der Waals surface area contributed by atoms with E-state index in [-0.39, 0.29) is 35.5 Å². The zero-order valence-electron chi connectivity index (χ0n) is 43.0. The highest BCUT2D eigenvalue weighted by Gasteiger charge is 2.56. The van der Waals surface area contributed by atoms with Gasteiger partial charge in [0.25, 0.3) is 0 Å². The Morgan fingerprint density at radius 1 is 0.418 bits per heavy atom. The first-order valence-electron chi connectivity index (χ1n) is 25.1. The summed E-state index contributed by atoms with van der Waals surface area (Å²) < 4.78 is 98.5. The summed E-state index contributed by atoms with van der Waals surface area (Å²) in [6.07, 6.45) is -15.5. The van der Waals surface area contributed by atoms with E-state index in [0.29, 0.717) is 0 Å². The summed E-state index contributed by atoms with van der Waals surface area (Å²) in [6, 6.07) is 49.9. The van der Waals surface area contributed by atoms with Crippen LogP contribution >= 0.6 is 0 Å². The summed E-state index contributed by atoms with van der Waals surface area (Å²) in [7, 11) is -2.21. The minimum atomic E-state index is -3.58. The highest BCUT2D eigenvalue weighted by molar-refractivity contribution is 7.90. The molecule has 2 heterocycles. The van der Waals surface area contributed by atoms with Crippen LogP contribution in [0.3, 0.4) is 0 Å². The van der Waals surface area contributed by atoms with Gasteiger partial charge in [-0.05, 0) is 59.7 Å². The summed E-state index contributed by atoms with van der Waals surface area (Å²) in [6.45, 7) is -1.87. The molecule has 6 aromatic carbocycles. The van der Waals surface area contributed by atoms with Crippen molar-refractivity contribution in [3.05, 3.63) is 215 Å². The molecule has 0 spiro atoms. The van der Waals surface area contributed by atoms with Crippen LogP contribution in [0, 0.1) is 0 Å². The Labute approximate surface area is 456 Å². The lowest BCUT2D eigenvalue weighted by atomic mass is 9.96. The van der Waals surface area contributed by atoms with E-state index in [2.05, 4.69) is 0 Å². The van der Waals surface area contributed by atoms with E-state index < -0.39 is 127 Å². The lowest BCUT2D eigenvalue weighted by Gasteiger charge is -2.46. The lowest BCUT2D eigenvalue weighted by Crippen LogP contribution is -2.64. The zero-order chi connectivity index (χ0) is 55.6. The van der Waals surface area contributed by atoms with Gasteiger partial charge in [0.05, 0.1) is 47.8 Å². The Morgan fingerprint density at radius 2 is 0.810 bits per heavy atom. The van der Waals surface area contributed by atoms with Crippen LogP contribution in [0.2, 0.25) is 0 Å². The molecule has 2 saturated heterocycles. The molecule has 0 radical (unpaired) electrons. The molecule has 414 valence electrons. The Balaban J connectivity index is 1.19. The Kier molecular flexibility index (Phi) is 20.5. The Hall–Kier alpha value is -7.82. The Bertz CT molecular complexity index is 3010. The van der Waals surface area contributed by atoms with E-state index in [4.69, 9.17) is 56.8 Å². The molecule has 6 aromatic rings. The van der Waals surface area contributed by atoms with Crippen molar-refractivity contribution in [1.29, 1.82) is 0 Å². The molecule has 10 atom stereocenters. The fraction of sp³-hybridized carbons (Fsp3) is 0.305. The van der Waals surface area contributed by atoms with Gasteiger partial charge in [0, 0.05) is 13.4 Å². The topological polar surface area (TPSA) is 230 Å². The molecule has 8 rings (SSSR count). The van der Waals surface area contributed by atoms with Gasteiger partial charge in [0.15, 0.2) is 46.8 Å². The molecule has 0 saturated carbocycles. The largest absolute Gasteiger partial charge is 0.508 e. The third-order valence-corrected chi connectivity index (χ3v) is 13.4. The van der Waals surface area contributed by atoms with Gasteiger partial charge in [-0.25, -0.2) is 32.4 Å². The standard InChI is InChI=1S/C59H58O19S/c1-67-57-51(70-36-40-23-11-4-12-24-40)49(69-35-39-21-9-3-10-22-39)47(78-59(64)68-33-34-79(2,65)66)46(73-57)38-72-58-52(77-56(63)44-31-19-8-20-32-44)50(76-55(62)43-29-17-7-18-30-43)48(75-54(61)42-27-15-6-16-28-42)45(74-58)37-71-53(60)41-25-13-5-14-26-41/h3-32,45-52,57-58H,33-38H2,1-2H3/t45-,46-,47-,48-,49+,50+,51-,52-,57+,58-/m1/s1. The molecule has 0 N–H and O–H groups in total. The second-order valence-electron chi connectivity index (χ2n) is 18.2. The molecular weight excluding hydrogens is 1040 g/mol. The van der Waals surface area contributed by atoms with Crippen molar-refractivity contribution in [2.45, 2.75) is 74.6 Å². The number of hydrogen-bond acceptors (Lipinski definition) is 19. The third-order valence-electron chi connectivity index (χ3n) is 12.5. The van der Waals surface area contributed by atoms with Crippen molar-refractivity contribution < 1.29 is 89.2 Å². The van der Waals surface area contributed by atoms with Gasteiger partial charge < -0.3 is 56.8 Å². The van der Waals surface area contributed by atoms with Crippen LogP contribution in [0.15, 0.2) is 182 Å². The van der Waals surface area contributed by atoms with Crippen LogP contribution in [0.1, 0.15) is 52.6 Å². The molecule has 20 heteroatoms. The minimum Gasteiger partial charge on any atom is -0.459 e. The first kappa shape index (κ1) is 57.4. The molecule has 19 nitrogen and oxygen atoms in total. The van der Waals surface area contributed by atoms with E-state index in [1.807, 2.05) is 60.7 Å². The Morgan fingerprint density at radius 3 is 1.28 bits per heavy atom. The van der Waals surface area contributed by atoms with E-state index in [0.717, 1.165) is 17.4 Å². The molecule has 2 aliphatic rings. The first-order chi connectivity index (χ1) is 38.3. The predicted octanol–water partition coefficient (Wildman–Crippen LogP) is 7.37. The minimum absolute atomic E-state index is 0.0202. The van der Waals surface area contributed by atoms with E-state index in [9.17, 15) is 32.4 Å². The summed E-state index contributed by atoms with van der Waals surface area (Å²) in [4.78, 5) is 70.0. The van der Waals surface area contributed by atoms with Gasteiger partial charge in [-0.2, -0.15) is 0 Å². The monoisotopic (exact) mass is 1100 g/mol. The van der Waals surface area contributed by atoms with Crippen molar-refractivity contribution in [3.8, 4) is 0 Å². The smallest absolute Gasteiger partial charge is 0.459 e. The van der Waals surface area contributed by atoms with Crippen LogP contribution in [-0.2, 0) is 79.9 Å². The van der Waals surface area contributed by atoms with Gasteiger partial charge in [-0.1, -0.05) is 133 Å². The van der Waals surface area contributed by atoms with Gasteiger partial charge in [0.1, 0.15) is 37.6 Å². The quantitative estimate of drug-likeness (QED) is 0.0450. The molecule has 0 amide bonds. The van der Waals surface area contributed by atoms with Crippen molar-refractivity contribution in [2.24, 2.45) is 0 Å². The number of carbonyl (C=O) groups is 5. The third kappa shape index (κ3) is 16.4. The number of sulfone groups is 1. The van der Waals surface area contributed by atoms with Gasteiger partial charge >= 0.3 is 30.0 Å². The van der Waals surface area contributed by atoms with E-state index in [1.54, 1.807) is 72.8 Å². The van der Waals surface area contributed by atoms with Crippen molar-refractivity contribution in [3.63, 3.8) is 0 Å². The van der Waals surface area contributed by atoms with Gasteiger partial charge in [-0.3, -0.25) is 0 Å². The second-order valence-corrected chi connectivity index (χ2v) is 20.4. The van der Waals surface area contributed by atoms with E-state index in [1.165, 1.54) is 55.6 Å². The average Bonchev–Trinajstić information content (AvgIpc) is 3.60. The zero-order valence-corrected chi connectivity index (χ0v) is 43.8. The highest BCUT2D eigenvalue weighted by atomic mass is 32.2. The number of hydrogen-bond donors (Lipinski definition) is 0. The molecule has 79 heavy (non-hydrogen) atoms. The van der Waals surface area contributed by atoms with Crippen LogP contribution in [-0.4, -0.2) is 139 Å². The second kappa shape index (κ2) is 28.2. The number of ether oxygens (including phenoxy) is 12. The molecule has 2 fully saturated rings. The molecule has 0 bridgehead atoms. The summed E-state index contributed by atoms with van der Waals surface area (Å²) in [5.74, 6) is -4.09. The molecule has 0 unspecified atom stereocenters. The summed E-state index contributed by atoms with van der Waals surface area (Å²) >= 11 is 0. The molecular formula is C59H58O19S. The van der Waals surface area contributed by atoms with Crippen molar-refractivity contribution in [1.82, 2.24) is 0 Å². The summed E-state index contributed by atoms with van der Waals surface area (Å²) in [5, 5.41) is 0. The fourth-order valence-corrected chi connectivity index (χ4v) is 8.90. The van der Waals surface area contributed by atoms with Gasteiger partial charge in [-0.15, -0.1) is 0 Å². The molecule has 2 aliphatic heterocycles. The van der Waals surface area contributed by atoms with Crippen LogP contribution < -0.4 is 0 Å². The lowest BCUT2D eigenvalue weighted by molar-refractivity contribution is -0.336. The van der Waals surface area contributed by atoms with Crippen LogP contribution in [0.25, 0.3) is 0 Å². The first-order valence-corrected chi connectivity index (χ1v) is 27.2. The number of methoxy groups -OCH3 is 1. The van der Waals surface area contributed by atoms with Crippen molar-refractivity contribution >= 4 is 39.9 Å². The van der Waals surface area contributed by atoms with Crippen LogP contribution in [0.4, 0.5) is 4.79 Å². The summed E-state index contributed by atoms with van der Waals surface area (Å²) in [5.41, 5.74) is 1.88. The average molecular weight is 1100 g/mol. The maximum atomic E-state index is 14.3. The number of carbonyl (C=O) groups excluding carboxylic acids is 5. The molecule has 0 aliphatic carbocycles. The van der Waals surface area contributed by atoms with Crippen molar-refractivity contribution in [2.75, 3.05) is 38.9 Å². The van der Waals surface area contributed by atoms with Crippen LogP contribution in [0.5, 0.6) is 0 Å². The normalized spacial score (nSPS) is 22.8. The number of benzene rings is 6. The fourth-order valence-electron chi connectivity index (χ4n) is 8.52.